The number of amides is 2. The molecule has 0 radical (unpaired) electrons. The monoisotopic (exact) mass is 218 g/mol. The van der Waals surface area contributed by atoms with Crippen LogP contribution in [0.4, 0.5) is 4.79 Å². The molecule has 2 amide bonds. The van der Waals surface area contributed by atoms with Crippen molar-refractivity contribution < 1.29 is 9.53 Å². The summed E-state index contributed by atoms with van der Waals surface area (Å²) in [6.07, 6.45) is 1.98. The van der Waals surface area contributed by atoms with E-state index in [2.05, 4.69) is 10.6 Å². The molecule has 0 aromatic heterocycles. The molecule has 0 unspecified atom stereocenters. The molecule has 2 N–H and O–H groups in total. The Morgan fingerprint density at radius 2 is 1.94 bits per heavy atom. The Balaban J connectivity index is 2.23. The Morgan fingerprint density at radius 1 is 1.25 bits per heavy atom. The zero-order valence-electron chi connectivity index (χ0n) is 9.28. The van der Waals surface area contributed by atoms with Crippen LogP contribution >= 0.6 is 0 Å². The number of hydrogen-bond acceptors (Lipinski definition) is 2. The van der Waals surface area contributed by atoms with Crippen molar-refractivity contribution in [3.05, 3.63) is 41.6 Å². The van der Waals surface area contributed by atoms with Crippen molar-refractivity contribution in [1.82, 2.24) is 10.6 Å². The van der Waals surface area contributed by atoms with E-state index in [-0.39, 0.29) is 12.1 Å². The largest absolute Gasteiger partial charge is 0.497 e. The second kappa shape index (κ2) is 4.26. The van der Waals surface area contributed by atoms with E-state index < -0.39 is 0 Å². The molecule has 1 atom stereocenters. The van der Waals surface area contributed by atoms with Gasteiger partial charge in [-0.2, -0.15) is 0 Å². The van der Waals surface area contributed by atoms with Gasteiger partial charge in [0.2, 0.25) is 0 Å². The van der Waals surface area contributed by atoms with Crippen LogP contribution in [-0.4, -0.2) is 13.1 Å². The number of urea groups is 1. The number of carbonyl (C=O) groups excluding carboxylic acids is 1. The summed E-state index contributed by atoms with van der Waals surface area (Å²) >= 11 is 0. The maximum absolute atomic E-state index is 11.3. The second-order valence-electron chi connectivity index (χ2n) is 3.70. The number of hydrogen-bond donors (Lipinski definition) is 2. The summed E-state index contributed by atoms with van der Waals surface area (Å²) in [4.78, 5) is 11.3. The fourth-order valence-corrected chi connectivity index (χ4v) is 1.68. The molecule has 4 nitrogen and oxygen atoms in total. The lowest BCUT2D eigenvalue weighted by Gasteiger charge is -2.22. The van der Waals surface area contributed by atoms with Crippen LogP contribution in [-0.2, 0) is 0 Å². The number of methoxy groups -OCH3 is 1. The molecule has 4 heteroatoms. The lowest BCUT2D eigenvalue weighted by Crippen LogP contribution is -2.40. The molecule has 0 bridgehead atoms. The molecular weight excluding hydrogens is 204 g/mol. The Morgan fingerprint density at radius 3 is 2.50 bits per heavy atom. The first kappa shape index (κ1) is 10.5. The Hall–Kier alpha value is -1.97. The van der Waals surface area contributed by atoms with E-state index >= 15 is 0 Å². The maximum atomic E-state index is 11.3. The molecule has 0 spiro atoms. The maximum Gasteiger partial charge on any atom is 0.319 e. The molecule has 2 rings (SSSR count). The number of benzene rings is 1. The number of nitrogens with one attached hydrogen (secondary N) is 2. The van der Waals surface area contributed by atoms with Crippen LogP contribution in [0, 0.1) is 0 Å². The van der Waals surface area contributed by atoms with Crippen LogP contribution < -0.4 is 15.4 Å². The standard InChI is InChI=1S/C12H14N2O2/c1-8-7-11(14-12(15)13-8)9-3-5-10(16-2)6-4-9/h3-7,11H,1-2H3,(H2,13,14,15)/t11-/m1/s1. The molecule has 1 aromatic carbocycles. The third kappa shape index (κ3) is 2.16. The minimum atomic E-state index is -0.166. The van der Waals surface area contributed by atoms with E-state index in [4.69, 9.17) is 4.74 Å². The second-order valence-corrected chi connectivity index (χ2v) is 3.70. The Labute approximate surface area is 94.3 Å². The van der Waals surface area contributed by atoms with Gasteiger partial charge < -0.3 is 15.4 Å². The molecule has 0 saturated heterocycles. The zero-order chi connectivity index (χ0) is 11.5. The van der Waals surface area contributed by atoms with Gasteiger partial charge in [-0.1, -0.05) is 12.1 Å². The van der Waals surface area contributed by atoms with Gasteiger partial charge >= 0.3 is 6.03 Å². The van der Waals surface area contributed by atoms with Crippen molar-refractivity contribution in [1.29, 1.82) is 0 Å². The van der Waals surface area contributed by atoms with Crippen molar-refractivity contribution >= 4 is 6.03 Å². The smallest absolute Gasteiger partial charge is 0.319 e. The predicted molar refractivity (Wildman–Crippen MR) is 61.2 cm³/mol. The molecule has 84 valence electrons. The normalized spacial score (nSPS) is 19.5. The minimum absolute atomic E-state index is 0.0698. The van der Waals surface area contributed by atoms with E-state index in [0.717, 1.165) is 17.0 Å². The summed E-state index contributed by atoms with van der Waals surface area (Å²) in [6, 6.07) is 7.41. The van der Waals surface area contributed by atoms with Crippen molar-refractivity contribution in [3.8, 4) is 5.75 Å². The molecule has 0 aliphatic carbocycles. The summed E-state index contributed by atoms with van der Waals surface area (Å²) in [5.74, 6) is 0.810. The quantitative estimate of drug-likeness (QED) is 0.797. The average molecular weight is 218 g/mol. The fraction of sp³-hybridized carbons (Fsp3) is 0.250. The first-order valence-electron chi connectivity index (χ1n) is 5.09. The molecule has 1 aliphatic rings. The summed E-state index contributed by atoms with van der Waals surface area (Å²) in [5, 5.41) is 5.52. The van der Waals surface area contributed by atoms with Gasteiger partial charge in [0, 0.05) is 5.70 Å². The lowest BCUT2D eigenvalue weighted by atomic mass is 10.0. The number of allylic oxidation sites excluding steroid dienone is 1. The highest BCUT2D eigenvalue weighted by molar-refractivity contribution is 5.78. The third-order valence-electron chi connectivity index (χ3n) is 2.49. The van der Waals surface area contributed by atoms with E-state index in [1.54, 1.807) is 7.11 Å². The third-order valence-corrected chi connectivity index (χ3v) is 2.49. The number of rotatable bonds is 2. The Bertz CT molecular complexity index is 423. The van der Waals surface area contributed by atoms with Crippen molar-refractivity contribution in [2.75, 3.05) is 7.11 Å². The van der Waals surface area contributed by atoms with Crippen LogP contribution in [0.5, 0.6) is 5.75 Å². The predicted octanol–water partition coefficient (Wildman–Crippen LogP) is 1.95. The molecule has 1 heterocycles. The van der Waals surface area contributed by atoms with Gasteiger partial charge in [0.15, 0.2) is 0 Å². The summed E-state index contributed by atoms with van der Waals surface area (Å²) < 4.78 is 5.08. The van der Waals surface area contributed by atoms with Crippen LogP contribution in [0.15, 0.2) is 36.0 Å². The summed E-state index contributed by atoms with van der Waals surface area (Å²) in [5.41, 5.74) is 1.90. The van der Waals surface area contributed by atoms with E-state index in [0.29, 0.717) is 0 Å². The van der Waals surface area contributed by atoms with Gasteiger partial charge in [-0.05, 0) is 30.7 Å². The zero-order valence-corrected chi connectivity index (χ0v) is 9.28. The highest BCUT2D eigenvalue weighted by atomic mass is 16.5. The topological polar surface area (TPSA) is 50.4 Å². The molecule has 0 saturated carbocycles. The van der Waals surface area contributed by atoms with E-state index in [1.807, 2.05) is 37.3 Å². The van der Waals surface area contributed by atoms with E-state index in [1.165, 1.54) is 0 Å². The van der Waals surface area contributed by atoms with Gasteiger partial charge in [0.1, 0.15) is 5.75 Å². The SMILES string of the molecule is COc1ccc([C@H]2C=C(C)NC(=O)N2)cc1. The molecule has 16 heavy (non-hydrogen) atoms. The van der Waals surface area contributed by atoms with Crippen molar-refractivity contribution in [2.24, 2.45) is 0 Å². The minimum Gasteiger partial charge on any atom is -0.497 e. The molecule has 0 fully saturated rings. The summed E-state index contributed by atoms with van der Waals surface area (Å²) in [7, 11) is 1.63. The van der Waals surface area contributed by atoms with E-state index in [9.17, 15) is 4.79 Å². The molecular formula is C12H14N2O2. The lowest BCUT2D eigenvalue weighted by molar-refractivity contribution is 0.239. The fourth-order valence-electron chi connectivity index (χ4n) is 1.68. The van der Waals surface area contributed by atoms with Crippen molar-refractivity contribution in [2.45, 2.75) is 13.0 Å². The average Bonchev–Trinajstić information content (AvgIpc) is 2.28. The first-order valence-corrected chi connectivity index (χ1v) is 5.09. The van der Waals surface area contributed by atoms with Crippen molar-refractivity contribution in [3.63, 3.8) is 0 Å². The van der Waals surface area contributed by atoms with Gasteiger partial charge in [0.25, 0.3) is 0 Å². The van der Waals surface area contributed by atoms with Gasteiger partial charge in [-0.25, -0.2) is 4.79 Å². The van der Waals surface area contributed by atoms with Crippen LogP contribution in [0.2, 0.25) is 0 Å². The summed E-state index contributed by atoms with van der Waals surface area (Å²) in [6.45, 7) is 1.87. The van der Waals surface area contributed by atoms with Gasteiger partial charge in [-0.3, -0.25) is 0 Å². The highest BCUT2D eigenvalue weighted by Crippen LogP contribution is 2.20. The number of ether oxygens (including phenoxy) is 1. The van der Waals surface area contributed by atoms with Gasteiger partial charge in [0.05, 0.1) is 13.2 Å². The van der Waals surface area contributed by atoms with Crippen LogP contribution in [0.25, 0.3) is 0 Å². The first-order chi connectivity index (χ1) is 7.69. The van der Waals surface area contributed by atoms with Gasteiger partial charge in [-0.15, -0.1) is 0 Å². The Kier molecular flexibility index (Phi) is 2.81. The molecule has 1 aliphatic heterocycles. The van der Waals surface area contributed by atoms with Crippen LogP contribution in [0.1, 0.15) is 18.5 Å². The number of carbonyl (C=O) groups is 1. The van der Waals surface area contributed by atoms with Crippen LogP contribution in [0.3, 0.4) is 0 Å². The molecule has 1 aromatic rings. The highest BCUT2D eigenvalue weighted by Gasteiger charge is 2.17.